The molecule has 1 saturated heterocycles. The average Bonchev–Trinajstić information content (AvgIpc) is 2.49. The van der Waals surface area contributed by atoms with Gasteiger partial charge in [-0.3, -0.25) is 10.1 Å². The predicted octanol–water partition coefficient (Wildman–Crippen LogP) is 2.28. The number of anilines is 1. The van der Waals surface area contributed by atoms with Crippen molar-refractivity contribution in [1.29, 1.82) is 0 Å². The van der Waals surface area contributed by atoms with Crippen LogP contribution in [0.3, 0.4) is 0 Å². The summed E-state index contributed by atoms with van der Waals surface area (Å²) in [6, 6.07) is 4.46. The Labute approximate surface area is 129 Å². The van der Waals surface area contributed by atoms with Crippen molar-refractivity contribution < 1.29 is 14.5 Å². The van der Waals surface area contributed by atoms with E-state index in [1.165, 1.54) is 18.2 Å². The molecule has 7 heteroatoms. The lowest BCUT2D eigenvalue weighted by Gasteiger charge is -2.30. The number of nitrogens with zero attached hydrogens (tertiary/aromatic N) is 2. The first kappa shape index (κ1) is 16.2. The highest BCUT2D eigenvalue weighted by Crippen LogP contribution is 2.28. The summed E-state index contributed by atoms with van der Waals surface area (Å²) in [6.45, 7) is 3.89. The molecule has 0 atom stereocenters. The maximum Gasteiger partial charge on any atom is 0.338 e. The van der Waals surface area contributed by atoms with Crippen molar-refractivity contribution in [3.63, 3.8) is 0 Å². The van der Waals surface area contributed by atoms with E-state index in [4.69, 9.17) is 4.74 Å². The largest absolute Gasteiger partial charge is 0.462 e. The molecule has 22 heavy (non-hydrogen) atoms. The van der Waals surface area contributed by atoms with Gasteiger partial charge in [-0.05, 0) is 52.0 Å². The second kappa shape index (κ2) is 7.22. The molecular weight excluding hydrogens is 286 g/mol. The molecule has 1 aliphatic rings. The van der Waals surface area contributed by atoms with E-state index in [-0.39, 0.29) is 18.3 Å². The molecule has 1 fully saturated rings. The summed E-state index contributed by atoms with van der Waals surface area (Å²) >= 11 is 0. The Morgan fingerprint density at radius 2 is 2.14 bits per heavy atom. The molecule has 120 valence electrons. The van der Waals surface area contributed by atoms with E-state index in [1.807, 2.05) is 0 Å². The van der Waals surface area contributed by atoms with Crippen LogP contribution in [-0.2, 0) is 4.74 Å². The number of likely N-dealkylation sites (tertiary alicyclic amines) is 1. The van der Waals surface area contributed by atoms with Crippen LogP contribution in [0.15, 0.2) is 18.2 Å². The standard InChI is InChI=1S/C15H21N3O4/c1-3-22-15(19)11-4-5-14(18(20)21)13(10-11)16-12-6-8-17(2)9-7-12/h4-5,10,12,16H,3,6-9H2,1-2H3. The number of nitrogens with one attached hydrogen (secondary N) is 1. The van der Waals surface area contributed by atoms with Gasteiger partial charge in [-0.15, -0.1) is 0 Å². The molecular formula is C15H21N3O4. The van der Waals surface area contributed by atoms with Crippen LogP contribution < -0.4 is 5.32 Å². The van der Waals surface area contributed by atoms with Gasteiger partial charge in [0, 0.05) is 12.1 Å². The van der Waals surface area contributed by atoms with Crippen molar-refractivity contribution in [2.24, 2.45) is 0 Å². The van der Waals surface area contributed by atoms with E-state index in [2.05, 4.69) is 17.3 Å². The molecule has 0 aromatic heterocycles. The number of carbonyl (C=O) groups is 1. The van der Waals surface area contributed by atoms with Gasteiger partial charge in [-0.25, -0.2) is 4.79 Å². The zero-order chi connectivity index (χ0) is 16.1. The summed E-state index contributed by atoms with van der Waals surface area (Å²) in [5, 5.41) is 14.4. The van der Waals surface area contributed by atoms with Crippen LogP contribution in [0, 0.1) is 10.1 Å². The highest BCUT2D eigenvalue weighted by Gasteiger charge is 2.22. The summed E-state index contributed by atoms with van der Waals surface area (Å²) in [7, 11) is 2.06. The molecule has 0 amide bonds. The van der Waals surface area contributed by atoms with Gasteiger partial charge < -0.3 is 15.0 Å². The van der Waals surface area contributed by atoms with Crippen molar-refractivity contribution in [2.75, 3.05) is 32.1 Å². The second-order valence-electron chi connectivity index (χ2n) is 5.43. The van der Waals surface area contributed by atoms with Crippen molar-refractivity contribution in [3.05, 3.63) is 33.9 Å². The number of carbonyl (C=O) groups excluding carboxylic acids is 1. The van der Waals surface area contributed by atoms with Gasteiger partial charge in [0.15, 0.2) is 0 Å². The summed E-state index contributed by atoms with van der Waals surface area (Å²) in [5.41, 5.74) is 0.681. The zero-order valence-corrected chi connectivity index (χ0v) is 12.9. The first-order valence-electron chi connectivity index (χ1n) is 7.42. The van der Waals surface area contributed by atoms with Gasteiger partial charge in [-0.2, -0.15) is 0 Å². The van der Waals surface area contributed by atoms with Crippen molar-refractivity contribution in [3.8, 4) is 0 Å². The van der Waals surface area contributed by atoms with E-state index in [0.29, 0.717) is 11.3 Å². The number of hydrogen-bond acceptors (Lipinski definition) is 6. The number of rotatable bonds is 5. The quantitative estimate of drug-likeness (QED) is 0.510. The number of esters is 1. The Kier molecular flexibility index (Phi) is 5.32. The number of nitro groups is 1. The molecule has 0 aliphatic carbocycles. The molecule has 2 rings (SSSR count). The molecule has 1 aromatic carbocycles. The molecule has 0 bridgehead atoms. The number of ether oxygens (including phenoxy) is 1. The summed E-state index contributed by atoms with van der Waals surface area (Å²) in [6.07, 6.45) is 1.83. The van der Waals surface area contributed by atoms with Crippen LogP contribution in [0.2, 0.25) is 0 Å². The molecule has 7 nitrogen and oxygen atoms in total. The summed E-state index contributed by atoms with van der Waals surface area (Å²) in [5.74, 6) is -0.469. The molecule has 1 N–H and O–H groups in total. The van der Waals surface area contributed by atoms with Crippen molar-refractivity contribution in [1.82, 2.24) is 4.90 Å². The Morgan fingerprint density at radius 3 is 2.73 bits per heavy atom. The fourth-order valence-electron chi connectivity index (χ4n) is 2.53. The van der Waals surface area contributed by atoms with Crippen LogP contribution in [0.5, 0.6) is 0 Å². The highest BCUT2D eigenvalue weighted by atomic mass is 16.6. The number of piperidine rings is 1. The monoisotopic (exact) mass is 307 g/mol. The van der Waals surface area contributed by atoms with Crippen LogP contribution in [0.25, 0.3) is 0 Å². The topological polar surface area (TPSA) is 84.7 Å². The highest BCUT2D eigenvalue weighted by molar-refractivity contribution is 5.91. The first-order chi connectivity index (χ1) is 10.5. The van der Waals surface area contributed by atoms with Gasteiger partial charge in [0.05, 0.1) is 17.1 Å². The molecule has 1 aliphatic heterocycles. The van der Waals surface area contributed by atoms with Crippen LogP contribution in [-0.4, -0.2) is 48.6 Å². The fraction of sp³-hybridized carbons (Fsp3) is 0.533. The Bertz CT molecular complexity index is 554. The Hall–Kier alpha value is -2.15. The first-order valence-corrected chi connectivity index (χ1v) is 7.42. The number of hydrogen-bond donors (Lipinski definition) is 1. The van der Waals surface area contributed by atoms with Crippen LogP contribution in [0.1, 0.15) is 30.1 Å². The molecule has 1 heterocycles. The third kappa shape index (κ3) is 3.94. The Morgan fingerprint density at radius 1 is 1.45 bits per heavy atom. The van der Waals surface area contributed by atoms with E-state index in [0.717, 1.165) is 25.9 Å². The predicted molar refractivity (Wildman–Crippen MR) is 83.2 cm³/mol. The number of nitro benzene ring substituents is 1. The minimum absolute atomic E-state index is 0.0213. The van der Waals surface area contributed by atoms with Crippen LogP contribution >= 0.6 is 0 Å². The lowest BCUT2D eigenvalue weighted by molar-refractivity contribution is -0.384. The van der Waals surface area contributed by atoms with Gasteiger partial charge >= 0.3 is 5.97 Å². The fourth-order valence-corrected chi connectivity index (χ4v) is 2.53. The zero-order valence-electron chi connectivity index (χ0n) is 12.9. The lowest BCUT2D eigenvalue weighted by atomic mass is 10.0. The molecule has 1 aromatic rings. The van der Waals surface area contributed by atoms with Gasteiger partial charge in [-0.1, -0.05) is 0 Å². The van der Waals surface area contributed by atoms with Gasteiger partial charge in [0.2, 0.25) is 0 Å². The molecule has 0 spiro atoms. The second-order valence-corrected chi connectivity index (χ2v) is 5.43. The van der Waals surface area contributed by atoms with E-state index >= 15 is 0 Å². The van der Waals surface area contributed by atoms with Crippen molar-refractivity contribution >= 4 is 17.3 Å². The van der Waals surface area contributed by atoms with E-state index in [1.54, 1.807) is 6.92 Å². The molecule has 0 radical (unpaired) electrons. The molecule has 0 saturated carbocycles. The van der Waals surface area contributed by atoms with Gasteiger partial charge in [0.1, 0.15) is 5.69 Å². The third-order valence-corrected chi connectivity index (χ3v) is 3.78. The molecule has 0 unspecified atom stereocenters. The Balaban J connectivity index is 2.20. The SMILES string of the molecule is CCOC(=O)c1ccc([N+](=O)[O-])c(NC2CCN(C)CC2)c1. The third-order valence-electron chi connectivity index (χ3n) is 3.78. The normalized spacial score (nSPS) is 16.3. The average molecular weight is 307 g/mol. The summed E-state index contributed by atoms with van der Waals surface area (Å²) < 4.78 is 4.94. The number of benzene rings is 1. The minimum Gasteiger partial charge on any atom is -0.462 e. The van der Waals surface area contributed by atoms with E-state index in [9.17, 15) is 14.9 Å². The minimum atomic E-state index is -0.469. The maximum absolute atomic E-state index is 11.8. The summed E-state index contributed by atoms with van der Waals surface area (Å²) in [4.78, 5) is 24.7. The van der Waals surface area contributed by atoms with Crippen LogP contribution in [0.4, 0.5) is 11.4 Å². The maximum atomic E-state index is 11.8. The van der Waals surface area contributed by atoms with Crippen molar-refractivity contribution in [2.45, 2.75) is 25.8 Å². The van der Waals surface area contributed by atoms with Gasteiger partial charge in [0.25, 0.3) is 5.69 Å². The lowest BCUT2D eigenvalue weighted by Crippen LogP contribution is -2.36. The van der Waals surface area contributed by atoms with E-state index < -0.39 is 10.9 Å². The smallest absolute Gasteiger partial charge is 0.338 e.